The molecule has 1 atom stereocenters. The standard InChI is InChI=1S/C18H15S.C10H16.C5H7F3O5S/c1-4-10-16(11-5-1)19(17-12-6-2-7-13-17)18-14-8-3-9-15-18;1-7-2-9-4-8(1)5-10(3-7)6-9;1-2-3(6)5(7,8)14(11,12)13-4(9)10/h1-15H;7-10H,1-6H2;3H,2H2,1H3,(H,9,10)/q+1;;. The summed E-state index contributed by atoms with van der Waals surface area (Å²) in [4.78, 5) is 13.8. The zero-order valence-electron chi connectivity index (χ0n) is 24.0. The number of hydrogen-bond donors (Lipinski definition) is 1. The van der Waals surface area contributed by atoms with Crippen LogP contribution in [0, 0.1) is 23.7 Å². The summed E-state index contributed by atoms with van der Waals surface area (Å²) in [5.41, 5.74) is 0. The van der Waals surface area contributed by atoms with Crippen LogP contribution in [0.4, 0.5) is 18.0 Å². The van der Waals surface area contributed by atoms with Gasteiger partial charge in [-0.1, -0.05) is 61.5 Å². The molecule has 0 heterocycles. The molecular weight excluding hydrogens is 597 g/mol. The monoisotopic (exact) mass is 635 g/mol. The smallest absolute Gasteiger partial charge is 0.449 e. The molecule has 43 heavy (non-hydrogen) atoms. The van der Waals surface area contributed by atoms with E-state index in [0.717, 1.165) is 6.92 Å². The van der Waals surface area contributed by atoms with Crippen molar-refractivity contribution in [1.29, 1.82) is 0 Å². The third-order valence-electron chi connectivity index (χ3n) is 8.17. The van der Waals surface area contributed by atoms with Crippen LogP contribution in [0.2, 0.25) is 0 Å². The number of carboxylic acid groups (broad SMARTS) is 1. The topological polar surface area (TPSA) is 80.7 Å². The van der Waals surface area contributed by atoms with Gasteiger partial charge in [0.05, 0.1) is 10.9 Å². The number of alkyl halides is 3. The lowest BCUT2D eigenvalue weighted by atomic mass is 9.56. The van der Waals surface area contributed by atoms with Gasteiger partial charge in [0.25, 0.3) is 0 Å². The molecule has 4 aliphatic carbocycles. The summed E-state index contributed by atoms with van der Waals surface area (Å²) >= 11 is 0. The highest BCUT2D eigenvalue weighted by molar-refractivity contribution is 7.97. The highest BCUT2D eigenvalue weighted by Gasteiger charge is 2.55. The Morgan fingerprint density at radius 3 is 1.33 bits per heavy atom. The minimum atomic E-state index is -5.78. The fourth-order valence-electron chi connectivity index (χ4n) is 6.60. The van der Waals surface area contributed by atoms with E-state index in [1.807, 2.05) is 0 Å². The Kier molecular flexibility index (Phi) is 11.2. The van der Waals surface area contributed by atoms with Gasteiger partial charge >= 0.3 is 21.5 Å². The zero-order chi connectivity index (χ0) is 31.0. The molecule has 0 aliphatic heterocycles. The van der Waals surface area contributed by atoms with Crippen LogP contribution in [-0.4, -0.2) is 31.1 Å². The largest absolute Gasteiger partial charge is 0.521 e. The predicted octanol–water partition coefficient (Wildman–Crippen LogP) is 8.97. The van der Waals surface area contributed by atoms with Crippen molar-refractivity contribution >= 4 is 27.2 Å². The van der Waals surface area contributed by atoms with Crippen molar-refractivity contribution in [3.63, 3.8) is 0 Å². The number of hydrogen-bond acceptors (Lipinski definition) is 4. The van der Waals surface area contributed by atoms with Gasteiger partial charge in [0.2, 0.25) is 0 Å². The van der Waals surface area contributed by atoms with Crippen LogP contribution in [0.3, 0.4) is 0 Å². The van der Waals surface area contributed by atoms with Gasteiger partial charge in [0.15, 0.2) is 20.9 Å². The van der Waals surface area contributed by atoms with E-state index >= 15 is 0 Å². The van der Waals surface area contributed by atoms with Gasteiger partial charge in [-0.15, -0.1) is 0 Å². The van der Waals surface area contributed by atoms with Crippen LogP contribution >= 0.6 is 0 Å². The average molecular weight is 636 g/mol. The Hall–Kier alpha value is -2.98. The molecule has 0 aromatic heterocycles. The Balaban J connectivity index is 0.000000155. The Morgan fingerprint density at radius 1 is 0.767 bits per heavy atom. The molecule has 1 unspecified atom stereocenters. The summed E-state index contributed by atoms with van der Waals surface area (Å²) in [6.45, 7) is 0.981. The van der Waals surface area contributed by atoms with Crippen molar-refractivity contribution in [1.82, 2.24) is 0 Å². The Bertz CT molecular complexity index is 1260. The van der Waals surface area contributed by atoms with Crippen LogP contribution in [0.15, 0.2) is 106 Å². The quantitative estimate of drug-likeness (QED) is 0.207. The van der Waals surface area contributed by atoms with Gasteiger partial charge in [-0.3, -0.25) is 0 Å². The molecule has 0 amide bonds. The van der Waals surface area contributed by atoms with Crippen molar-refractivity contribution in [3.05, 3.63) is 91.0 Å². The minimum Gasteiger partial charge on any atom is -0.449 e. The number of carbonyl (C=O) groups is 1. The molecule has 4 fully saturated rings. The molecule has 0 saturated heterocycles. The molecule has 5 nitrogen and oxygen atoms in total. The van der Waals surface area contributed by atoms with E-state index in [1.54, 1.807) is 38.5 Å². The van der Waals surface area contributed by atoms with E-state index in [1.165, 1.54) is 38.4 Å². The van der Waals surface area contributed by atoms with Gasteiger partial charge in [-0.25, -0.2) is 9.18 Å². The van der Waals surface area contributed by atoms with E-state index in [0.29, 0.717) is 0 Å². The molecule has 3 aromatic rings. The van der Waals surface area contributed by atoms with Crippen LogP contribution in [0.1, 0.15) is 51.9 Å². The molecule has 3 aromatic carbocycles. The van der Waals surface area contributed by atoms with Crippen molar-refractivity contribution in [2.75, 3.05) is 0 Å². The molecule has 0 radical (unpaired) electrons. The summed E-state index contributed by atoms with van der Waals surface area (Å²) in [6, 6.07) is 32.2. The molecule has 232 valence electrons. The summed E-state index contributed by atoms with van der Waals surface area (Å²) in [7, 11) is -5.79. The predicted molar refractivity (Wildman–Crippen MR) is 161 cm³/mol. The molecular formula is C33H38F3O5S2+. The zero-order valence-corrected chi connectivity index (χ0v) is 25.7. The maximum Gasteiger partial charge on any atom is 0.521 e. The van der Waals surface area contributed by atoms with E-state index in [9.17, 15) is 26.4 Å². The summed E-state index contributed by atoms with van der Waals surface area (Å²) in [5.74, 6) is 4.71. The van der Waals surface area contributed by atoms with Gasteiger partial charge in [-0.05, 0) is 105 Å². The van der Waals surface area contributed by atoms with Crippen molar-refractivity contribution in [2.24, 2.45) is 23.7 Å². The second kappa shape index (κ2) is 14.7. The van der Waals surface area contributed by atoms with E-state index in [4.69, 9.17) is 5.11 Å². The fraction of sp³-hybridized carbons (Fsp3) is 0.424. The highest BCUT2D eigenvalue weighted by atomic mass is 32.2. The van der Waals surface area contributed by atoms with Gasteiger partial charge in [-0.2, -0.15) is 17.2 Å². The highest BCUT2D eigenvalue weighted by Crippen LogP contribution is 2.53. The number of halogens is 3. The van der Waals surface area contributed by atoms with Crippen LogP contribution in [-0.2, 0) is 25.2 Å². The first-order valence-electron chi connectivity index (χ1n) is 14.6. The minimum absolute atomic E-state index is 0.0146. The lowest BCUT2D eigenvalue weighted by Gasteiger charge is -2.49. The molecule has 7 rings (SSSR count). The van der Waals surface area contributed by atoms with Crippen molar-refractivity contribution < 1.29 is 35.7 Å². The fourth-order valence-corrected chi connectivity index (χ4v) is 9.49. The van der Waals surface area contributed by atoms with Crippen LogP contribution in [0.25, 0.3) is 0 Å². The van der Waals surface area contributed by atoms with Crippen LogP contribution < -0.4 is 0 Å². The van der Waals surface area contributed by atoms with E-state index in [2.05, 4.69) is 95.2 Å². The van der Waals surface area contributed by atoms with Gasteiger partial charge < -0.3 is 9.29 Å². The van der Waals surface area contributed by atoms with Gasteiger partial charge in [0.1, 0.15) is 0 Å². The van der Waals surface area contributed by atoms with Gasteiger partial charge in [0, 0.05) is 0 Å². The maximum absolute atomic E-state index is 12.6. The second-order valence-corrected chi connectivity index (χ2v) is 15.0. The van der Waals surface area contributed by atoms with Crippen molar-refractivity contribution in [2.45, 2.75) is 78.0 Å². The molecule has 4 bridgehead atoms. The number of rotatable bonds is 7. The molecule has 4 saturated carbocycles. The van der Waals surface area contributed by atoms with Crippen molar-refractivity contribution in [3.8, 4) is 0 Å². The first kappa shape index (κ1) is 32.9. The summed E-state index contributed by atoms with van der Waals surface area (Å²) in [5, 5.41) is 2.95. The van der Waals surface area contributed by atoms with E-state index < -0.39 is 34.1 Å². The normalized spacial score (nSPS) is 22.9. The van der Waals surface area contributed by atoms with E-state index in [-0.39, 0.29) is 10.9 Å². The number of benzene rings is 3. The third kappa shape index (κ3) is 8.56. The molecule has 4 aliphatic rings. The molecule has 10 heteroatoms. The maximum atomic E-state index is 12.6. The average Bonchev–Trinajstić information content (AvgIpc) is 2.98. The summed E-state index contributed by atoms with van der Waals surface area (Å²) < 4.78 is 61.5. The lowest BCUT2D eigenvalue weighted by molar-refractivity contribution is -0.00643. The third-order valence-corrected chi connectivity index (χ3v) is 11.7. The first-order valence-corrected chi connectivity index (χ1v) is 17.2. The lowest BCUT2D eigenvalue weighted by Crippen LogP contribution is -2.40. The molecule has 0 spiro atoms. The molecule has 1 N–H and O–H groups in total. The SMILES string of the molecule is C1C2CC3CC1CC(C2)C3.CCC(F)C(F)(F)S(=O)(=O)OC(=O)O.c1ccc([S+](c2ccccc2)c2ccccc2)cc1. The second-order valence-electron chi connectivity index (χ2n) is 11.4. The Labute approximate surface area is 255 Å². The Morgan fingerprint density at radius 2 is 1.07 bits per heavy atom. The summed E-state index contributed by atoms with van der Waals surface area (Å²) in [6.07, 6.45) is 3.40. The van der Waals surface area contributed by atoms with Crippen LogP contribution in [0.5, 0.6) is 0 Å². The first-order chi connectivity index (χ1) is 20.5.